The van der Waals surface area contributed by atoms with Gasteiger partial charge in [0.25, 0.3) is 0 Å². The van der Waals surface area contributed by atoms with Crippen LogP contribution in [0.25, 0.3) is 6.08 Å². The SMILES string of the molecule is C=CCOP(=O)(C=Cc1ccccc1)OC. The highest BCUT2D eigenvalue weighted by Crippen LogP contribution is 2.49. The van der Waals surface area contributed by atoms with Crippen LogP contribution in [0.5, 0.6) is 0 Å². The molecule has 0 aliphatic heterocycles. The molecule has 1 aromatic carbocycles. The lowest BCUT2D eigenvalue weighted by atomic mass is 10.2. The van der Waals surface area contributed by atoms with Gasteiger partial charge in [-0.2, -0.15) is 0 Å². The molecule has 0 aromatic heterocycles. The van der Waals surface area contributed by atoms with Crippen molar-refractivity contribution in [2.45, 2.75) is 0 Å². The van der Waals surface area contributed by atoms with E-state index in [-0.39, 0.29) is 6.61 Å². The van der Waals surface area contributed by atoms with Gasteiger partial charge in [-0.15, -0.1) is 6.58 Å². The first-order chi connectivity index (χ1) is 7.70. The lowest BCUT2D eigenvalue weighted by Crippen LogP contribution is -1.89. The second kappa shape index (κ2) is 6.44. The van der Waals surface area contributed by atoms with Gasteiger partial charge in [0.1, 0.15) is 0 Å². The zero-order valence-electron chi connectivity index (χ0n) is 9.20. The largest absolute Gasteiger partial charge is 0.354 e. The van der Waals surface area contributed by atoms with Crippen LogP contribution in [0.1, 0.15) is 5.56 Å². The maximum Gasteiger partial charge on any atom is 0.354 e. The summed E-state index contributed by atoms with van der Waals surface area (Å²) in [5, 5.41) is 0. The summed E-state index contributed by atoms with van der Waals surface area (Å²) in [5.41, 5.74) is 0.946. The fraction of sp³-hybridized carbons (Fsp3) is 0.167. The Morgan fingerprint density at radius 2 is 2.06 bits per heavy atom. The van der Waals surface area contributed by atoms with Crippen LogP contribution in [-0.2, 0) is 13.6 Å². The van der Waals surface area contributed by atoms with Crippen LogP contribution < -0.4 is 0 Å². The van der Waals surface area contributed by atoms with Crippen molar-refractivity contribution >= 4 is 13.7 Å². The van der Waals surface area contributed by atoms with Gasteiger partial charge in [-0.1, -0.05) is 36.4 Å². The summed E-state index contributed by atoms with van der Waals surface area (Å²) in [6.07, 6.45) is 3.25. The van der Waals surface area contributed by atoms with Crippen molar-refractivity contribution in [3.05, 3.63) is 54.4 Å². The average Bonchev–Trinajstić information content (AvgIpc) is 2.35. The van der Waals surface area contributed by atoms with E-state index in [2.05, 4.69) is 6.58 Å². The molecule has 0 aliphatic rings. The molecule has 16 heavy (non-hydrogen) atoms. The van der Waals surface area contributed by atoms with Crippen LogP contribution in [-0.4, -0.2) is 13.7 Å². The molecule has 1 unspecified atom stereocenters. The van der Waals surface area contributed by atoms with Gasteiger partial charge in [-0.3, -0.25) is 4.57 Å². The maximum absolute atomic E-state index is 11.9. The quantitative estimate of drug-likeness (QED) is 0.560. The second-order valence-corrected chi connectivity index (χ2v) is 5.03. The summed E-state index contributed by atoms with van der Waals surface area (Å²) < 4.78 is 21.9. The standard InChI is InChI=1S/C12H15O3P/c1-3-10-15-16(13,14-2)11-9-12-7-5-4-6-8-12/h3-9,11H,1,10H2,2H3. The molecular weight excluding hydrogens is 223 g/mol. The Balaban J connectivity index is 2.73. The Bertz CT molecular complexity index is 398. The normalized spacial score (nSPS) is 14.8. The first kappa shape index (κ1) is 12.9. The minimum Gasteiger partial charge on any atom is -0.309 e. The number of benzene rings is 1. The lowest BCUT2D eigenvalue weighted by Gasteiger charge is -2.10. The number of rotatable bonds is 6. The molecule has 0 N–H and O–H groups in total. The fourth-order valence-electron chi connectivity index (χ4n) is 1.05. The van der Waals surface area contributed by atoms with E-state index in [1.165, 1.54) is 19.0 Å². The highest BCUT2D eigenvalue weighted by Gasteiger charge is 2.17. The van der Waals surface area contributed by atoms with Gasteiger partial charge < -0.3 is 9.05 Å². The van der Waals surface area contributed by atoms with E-state index >= 15 is 0 Å². The van der Waals surface area contributed by atoms with Crippen LogP contribution in [0, 0.1) is 0 Å². The molecule has 0 spiro atoms. The van der Waals surface area contributed by atoms with Crippen LogP contribution >= 0.6 is 7.60 Å². The fourth-order valence-corrected chi connectivity index (χ4v) is 2.04. The molecule has 0 fully saturated rings. The minimum atomic E-state index is -3.13. The first-order valence-corrected chi connectivity index (χ1v) is 6.46. The van der Waals surface area contributed by atoms with Crippen molar-refractivity contribution in [1.82, 2.24) is 0 Å². The van der Waals surface area contributed by atoms with Crippen molar-refractivity contribution in [1.29, 1.82) is 0 Å². The van der Waals surface area contributed by atoms with E-state index in [1.807, 2.05) is 30.3 Å². The first-order valence-electron chi connectivity index (χ1n) is 4.85. The average molecular weight is 238 g/mol. The van der Waals surface area contributed by atoms with Gasteiger partial charge in [0.05, 0.1) is 6.61 Å². The summed E-state index contributed by atoms with van der Waals surface area (Å²) in [7, 11) is -1.77. The maximum atomic E-state index is 11.9. The van der Waals surface area contributed by atoms with Crippen LogP contribution in [0.15, 0.2) is 48.8 Å². The predicted octanol–water partition coefficient (Wildman–Crippen LogP) is 3.70. The summed E-state index contributed by atoms with van der Waals surface area (Å²) in [6.45, 7) is 3.69. The van der Waals surface area contributed by atoms with Gasteiger partial charge in [0, 0.05) is 12.9 Å². The van der Waals surface area contributed by atoms with E-state index in [4.69, 9.17) is 9.05 Å². The number of hydrogen-bond donors (Lipinski definition) is 0. The van der Waals surface area contributed by atoms with E-state index < -0.39 is 7.60 Å². The minimum absolute atomic E-state index is 0.199. The summed E-state index contributed by atoms with van der Waals surface area (Å²) >= 11 is 0. The second-order valence-electron chi connectivity index (χ2n) is 3.03. The zero-order chi connectivity index (χ0) is 11.9. The van der Waals surface area contributed by atoms with Crippen molar-refractivity contribution < 1.29 is 13.6 Å². The van der Waals surface area contributed by atoms with Crippen LogP contribution in [0.2, 0.25) is 0 Å². The van der Waals surface area contributed by atoms with E-state index in [0.717, 1.165) is 5.56 Å². The molecule has 4 heteroatoms. The van der Waals surface area contributed by atoms with E-state index in [9.17, 15) is 4.57 Å². The third-order valence-electron chi connectivity index (χ3n) is 1.88. The Labute approximate surface area is 95.9 Å². The van der Waals surface area contributed by atoms with Crippen molar-refractivity contribution in [2.75, 3.05) is 13.7 Å². The third kappa shape index (κ3) is 4.15. The molecule has 1 atom stereocenters. The molecule has 0 amide bonds. The highest BCUT2D eigenvalue weighted by molar-refractivity contribution is 7.57. The van der Waals surface area contributed by atoms with Gasteiger partial charge in [0.2, 0.25) is 0 Å². The van der Waals surface area contributed by atoms with Gasteiger partial charge in [-0.25, -0.2) is 0 Å². The molecule has 0 saturated carbocycles. The van der Waals surface area contributed by atoms with Crippen LogP contribution in [0.3, 0.4) is 0 Å². The monoisotopic (exact) mass is 238 g/mol. The molecule has 3 nitrogen and oxygen atoms in total. The van der Waals surface area contributed by atoms with Crippen molar-refractivity contribution in [2.24, 2.45) is 0 Å². The Hall–Kier alpha value is -1.15. The summed E-state index contributed by atoms with van der Waals surface area (Å²) in [4.78, 5) is 0. The van der Waals surface area contributed by atoms with E-state index in [0.29, 0.717) is 0 Å². The summed E-state index contributed by atoms with van der Waals surface area (Å²) in [5.74, 6) is 1.45. The summed E-state index contributed by atoms with van der Waals surface area (Å²) in [6, 6.07) is 9.54. The molecule has 0 aliphatic carbocycles. The Kier molecular flexibility index (Phi) is 5.20. The van der Waals surface area contributed by atoms with Gasteiger partial charge >= 0.3 is 7.60 Å². The zero-order valence-corrected chi connectivity index (χ0v) is 10.1. The smallest absolute Gasteiger partial charge is 0.309 e. The van der Waals surface area contributed by atoms with E-state index in [1.54, 1.807) is 6.08 Å². The van der Waals surface area contributed by atoms with Gasteiger partial charge in [0.15, 0.2) is 0 Å². The highest BCUT2D eigenvalue weighted by atomic mass is 31.2. The Morgan fingerprint density at radius 1 is 1.38 bits per heavy atom. The predicted molar refractivity (Wildman–Crippen MR) is 66.2 cm³/mol. The molecule has 0 heterocycles. The molecular formula is C12H15O3P. The van der Waals surface area contributed by atoms with Gasteiger partial charge in [-0.05, 0) is 11.6 Å². The molecule has 1 rings (SSSR count). The molecule has 0 radical (unpaired) electrons. The van der Waals surface area contributed by atoms with Crippen LogP contribution in [0.4, 0.5) is 0 Å². The molecule has 1 aromatic rings. The molecule has 0 saturated heterocycles. The Morgan fingerprint density at radius 3 is 2.62 bits per heavy atom. The molecule has 0 bridgehead atoms. The number of hydrogen-bond acceptors (Lipinski definition) is 3. The lowest BCUT2D eigenvalue weighted by molar-refractivity contribution is 0.264. The molecule has 86 valence electrons. The van der Waals surface area contributed by atoms with Crippen molar-refractivity contribution in [3.8, 4) is 0 Å². The van der Waals surface area contributed by atoms with Crippen molar-refractivity contribution in [3.63, 3.8) is 0 Å². The topological polar surface area (TPSA) is 35.5 Å². The third-order valence-corrected chi connectivity index (χ3v) is 3.41.